The van der Waals surface area contributed by atoms with Gasteiger partial charge in [0.15, 0.2) is 0 Å². The van der Waals surface area contributed by atoms with E-state index in [9.17, 15) is 17.6 Å². The van der Waals surface area contributed by atoms with Crippen LogP contribution in [0.4, 0.5) is 10.1 Å². The Morgan fingerprint density at radius 2 is 1.88 bits per heavy atom. The molecule has 1 amide bonds. The standard InChI is InChI=1S/C17H20FN3O3S/c1-21(13-6-3-2-4-7-13)11-5-10-20-17(22)15-12-14(25(19,23)24)8-9-16(15)18/h2-4,6-9,12H,5,10-11H2,1H3,(H,20,22)(H2,19,23,24). The highest BCUT2D eigenvalue weighted by molar-refractivity contribution is 7.89. The van der Waals surface area contributed by atoms with Crippen LogP contribution in [0.15, 0.2) is 53.4 Å². The summed E-state index contributed by atoms with van der Waals surface area (Å²) in [5.41, 5.74) is 0.712. The van der Waals surface area contributed by atoms with Crippen molar-refractivity contribution in [3.05, 3.63) is 59.9 Å². The topological polar surface area (TPSA) is 92.5 Å². The van der Waals surface area contributed by atoms with Gasteiger partial charge in [-0.3, -0.25) is 4.79 Å². The van der Waals surface area contributed by atoms with E-state index < -0.39 is 21.7 Å². The molecule has 0 saturated heterocycles. The van der Waals surface area contributed by atoms with Crippen LogP contribution in [0.2, 0.25) is 0 Å². The third kappa shape index (κ3) is 5.27. The highest BCUT2D eigenvalue weighted by Crippen LogP contribution is 2.14. The lowest BCUT2D eigenvalue weighted by molar-refractivity contribution is 0.0949. The number of rotatable bonds is 7. The Kier molecular flexibility index (Phi) is 6.11. The first-order chi connectivity index (χ1) is 11.8. The number of halogens is 1. The summed E-state index contributed by atoms with van der Waals surface area (Å²) in [4.78, 5) is 13.8. The number of benzene rings is 2. The summed E-state index contributed by atoms with van der Waals surface area (Å²) < 4.78 is 36.4. The minimum absolute atomic E-state index is 0.303. The number of primary sulfonamides is 1. The molecule has 0 aromatic heterocycles. The number of nitrogens with zero attached hydrogens (tertiary/aromatic N) is 1. The van der Waals surface area contributed by atoms with Crippen molar-refractivity contribution in [2.45, 2.75) is 11.3 Å². The van der Waals surface area contributed by atoms with Gasteiger partial charge < -0.3 is 10.2 Å². The Hall–Kier alpha value is -2.45. The highest BCUT2D eigenvalue weighted by atomic mass is 32.2. The van der Waals surface area contributed by atoms with E-state index in [1.165, 1.54) is 0 Å². The maximum absolute atomic E-state index is 13.8. The third-order valence-electron chi connectivity index (χ3n) is 3.66. The largest absolute Gasteiger partial charge is 0.375 e. The third-order valence-corrected chi connectivity index (χ3v) is 4.57. The van der Waals surface area contributed by atoms with Gasteiger partial charge in [-0.15, -0.1) is 0 Å². The van der Waals surface area contributed by atoms with Crippen LogP contribution in [0.1, 0.15) is 16.8 Å². The van der Waals surface area contributed by atoms with Crippen molar-refractivity contribution < 1.29 is 17.6 Å². The molecule has 0 saturated carbocycles. The first-order valence-corrected chi connectivity index (χ1v) is 9.20. The van der Waals surface area contributed by atoms with E-state index in [4.69, 9.17) is 5.14 Å². The van der Waals surface area contributed by atoms with Crippen molar-refractivity contribution in [2.24, 2.45) is 5.14 Å². The molecule has 6 nitrogen and oxygen atoms in total. The van der Waals surface area contributed by atoms with Crippen LogP contribution >= 0.6 is 0 Å². The minimum Gasteiger partial charge on any atom is -0.375 e. The van der Waals surface area contributed by atoms with Crippen molar-refractivity contribution in [3.63, 3.8) is 0 Å². The monoisotopic (exact) mass is 365 g/mol. The summed E-state index contributed by atoms with van der Waals surface area (Å²) in [5.74, 6) is -1.48. The van der Waals surface area contributed by atoms with Crippen LogP contribution in [0, 0.1) is 5.82 Å². The molecule has 2 aromatic rings. The van der Waals surface area contributed by atoms with Gasteiger partial charge in [-0.05, 0) is 36.8 Å². The van der Waals surface area contributed by atoms with E-state index in [-0.39, 0.29) is 10.5 Å². The zero-order chi connectivity index (χ0) is 18.4. The van der Waals surface area contributed by atoms with Crippen molar-refractivity contribution in [1.29, 1.82) is 0 Å². The molecule has 0 atom stereocenters. The quantitative estimate of drug-likeness (QED) is 0.731. The van der Waals surface area contributed by atoms with Crippen LogP contribution in [-0.2, 0) is 10.0 Å². The number of carbonyl (C=O) groups excluding carboxylic acids is 1. The number of carbonyl (C=O) groups is 1. The highest BCUT2D eigenvalue weighted by Gasteiger charge is 2.16. The van der Waals surface area contributed by atoms with Gasteiger partial charge in [-0.25, -0.2) is 17.9 Å². The van der Waals surface area contributed by atoms with Crippen molar-refractivity contribution in [2.75, 3.05) is 25.0 Å². The molecule has 0 unspecified atom stereocenters. The Bertz CT molecular complexity index is 841. The number of hydrogen-bond acceptors (Lipinski definition) is 4. The smallest absolute Gasteiger partial charge is 0.254 e. The summed E-state index contributed by atoms with van der Waals surface area (Å²) in [6, 6.07) is 12.6. The Morgan fingerprint density at radius 3 is 2.52 bits per heavy atom. The van der Waals surface area contributed by atoms with Gasteiger partial charge in [-0.2, -0.15) is 0 Å². The lowest BCUT2D eigenvalue weighted by atomic mass is 10.2. The normalized spacial score (nSPS) is 11.2. The maximum Gasteiger partial charge on any atom is 0.254 e. The van der Waals surface area contributed by atoms with Crippen molar-refractivity contribution in [3.8, 4) is 0 Å². The van der Waals surface area contributed by atoms with Crippen LogP contribution in [0.3, 0.4) is 0 Å². The molecule has 2 rings (SSSR count). The van der Waals surface area contributed by atoms with Crippen LogP contribution < -0.4 is 15.4 Å². The first-order valence-electron chi connectivity index (χ1n) is 7.66. The molecule has 0 bridgehead atoms. The van der Waals surface area contributed by atoms with Crippen LogP contribution in [-0.4, -0.2) is 34.5 Å². The molecule has 3 N–H and O–H groups in total. The van der Waals surface area contributed by atoms with E-state index in [2.05, 4.69) is 5.32 Å². The molecular weight excluding hydrogens is 345 g/mol. The van der Waals surface area contributed by atoms with Crippen LogP contribution in [0.5, 0.6) is 0 Å². The number of nitrogens with one attached hydrogen (secondary N) is 1. The summed E-state index contributed by atoms with van der Waals surface area (Å²) in [6.07, 6.45) is 0.646. The molecule has 0 fully saturated rings. The summed E-state index contributed by atoms with van der Waals surface area (Å²) in [7, 11) is -2.06. The fourth-order valence-corrected chi connectivity index (χ4v) is 2.82. The molecule has 0 aliphatic rings. The average molecular weight is 365 g/mol. The number of anilines is 1. The fourth-order valence-electron chi connectivity index (χ4n) is 2.28. The van der Waals surface area contributed by atoms with Gasteiger partial charge in [0.1, 0.15) is 5.82 Å². The maximum atomic E-state index is 13.8. The van der Waals surface area contributed by atoms with Crippen molar-refractivity contribution in [1.82, 2.24) is 5.32 Å². The van der Waals surface area contributed by atoms with Gasteiger partial charge in [-0.1, -0.05) is 18.2 Å². The predicted molar refractivity (Wildman–Crippen MR) is 94.4 cm³/mol. The molecule has 2 aromatic carbocycles. The van der Waals surface area contributed by atoms with Crippen LogP contribution in [0.25, 0.3) is 0 Å². The second kappa shape index (κ2) is 8.09. The van der Waals surface area contributed by atoms with Gasteiger partial charge in [0.2, 0.25) is 10.0 Å². The van der Waals surface area contributed by atoms with Gasteiger partial charge >= 0.3 is 0 Å². The molecule has 0 heterocycles. The summed E-state index contributed by atoms with van der Waals surface area (Å²) >= 11 is 0. The number of nitrogens with two attached hydrogens (primary N) is 1. The minimum atomic E-state index is -4.00. The summed E-state index contributed by atoms with van der Waals surface area (Å²) in [6.45, 7) is 1.03. The molecule has 25 heavy (non-hydrogen) atoms. The van der Waals surface area contributed by atoms with E-state index in [0.717, 1.165) is 23.9 Å². The number of sulfonamides is 1. The lowest BCUT2D eigenvalue weighted by Gasteiger charge is -2.19. The van der Waals surface area contributed by atoms with E-state index in [1.807, 2.05) is 42.3 Å². The molecule has 8 heteroatoms. The number of hydrogen-bond donors (Lipinski definition) is 2. The Morgan fingerprint density at radius 1 is 1.20 bits per heavy atom. The predicted octanol–water partition coefficient (Wildman–Crippen LogP) is 1.73. The molecule has 0 spiro atoms. The second-order valence-corrected chi connectivity index (χ2v) is 7.11. The van der Waals surface area contributed by atoms with E-state index in [1.54, 1.807) is 0 Å². The Labute approximate surface area is 146 Å². The second-order valence-electron chi connectivity index (χ2n) is 5.55. The zero-order valence-corrected chi connectivity index (χ0v) is 14.6. The molecule has 134 valence electrons. The average Bonchev–Trinajstić information content (AvgIpc) is 2.58. The first kappa shape index (κ1) is 18.9. The molecule has 0 aliphatic carbocycles. The van der Waals surface area contributed by atoms with E-state index in [0.29, 0.717) is 19.5 Å². The lowest BCUT2D eigenvalue weighted by Crippen LogP contribution is -2.29. The number of para-hydroxylation sites is 1. The Balaban J connectivity index is 1.90. The fraction of sp³-hybridized carbons (Fsp3) is 0.235. The van der Waals surface area contributed by atoms with E-state index >= 15 is 0 Å². The van der Waals surface area contributed by atoms with Gasteiger partial charge in [0.05, 0.1) is 10.5 Å². The van der Waals surface area contributed by atoms with Gasteiger partial charge in [0.25, 0.3) is 5.91 Å². The SMILES string of the molecule is CN(CCCNC(=O)c1cc(S(N)(=O)=O)ccc1F)c1ccccc1. The molecular formula is C17H20FN3O3S. The van der Waals surface area contributed by atoms with Gasteiger partial charge in [0, 0.05) is 25.8 Å². The number of amides is 1. The molecule has 0 aliphatic heterocycles. The summed E-state index contributed by atoms with van der Waals surface area (Å²) in [5, 5.41) is 7.58. The zero-order valence-electron chi connectivity index (χ0n) is 13.8. The molecule has 0 radical (unpaired) electrons. The van der Waals surface area contributed by atoms with Crippen molar-refractivity contribution >= 4 is 21.6 Å².